The van der Waals surface area contributed by atoms with Gasteiger partial charge in [-0.25, -0.2) is 9.69 Å². The number of aromatic hydroxyl groups is 1. The molecule has 0 bridgehead atoms. The fourth-order valence-electron chi connectivity index (χ4n) is 2.42. The molecule has 2 N–H and O–H groups in total. The number of aryl methyl sites for hydroxylation is 1. The highest BCUT2D eigenvalue weighted by molar-refractivity contribution is 6.40. The number of anilines is 1. The van der Waals surface area contributed by atoms with Gasteiger partial charge >= 0.3 is 6.03 Å². The first kappa shape index (κ1) is 18.0. The van der Waals surface area contributed by atoms with Crippen molar-refractivity contribution in [2.24, 2.45) is 0 Å². The van der Waals surface area contributed by atoms with Crippen LogP contribution in [0.15, 0.2) is 42.0 Å². The maximum Gasteiger partial charge on any atom is 0.335 e. The summed E-state index contributed by atoms with van der Waals surface area (Å²) in [7, 11) is 0. The molecule has 1 heterocycles. The number of phenolic OH excluding ortho intramolecular Hbond substituents is 1. The summed E-state index contributed by atoms with van der Waals surface area (Å²) in [4.78, 5) is 37.9. The van der Waals surface area contributed by atoms with E-state index in [9.17, 15) is 19.5 Å². The predicted molar refractivity (Wildman–Crippen MR) is 98.3 cm³/mol. The highest BCUT2D eigenvalue weighted by Gasteiger charge is 2.36. The minimum Gasteiger partial charge on any atom is -0.505 e. The minimum atomic E-state index is -0.831. The van der Waals surface area contributed by atoms with Crippen LogP contribution in [0.25, 0.3) is 6.08 Å². The molecule has 0 unspecified atom stereocenters. The monoisotopic (exact) mass is 390 g/mol. The van der Waals surface area contributed by atoms with Crippen molar-refractivity contribution in [3.63, 3.8) is 0 Å². The normalized spacial score (nSPS) is 16.2. The van der Waals surface area contributed by atoms with Crippen molar-refractivity contribution in [3.05, 3.63) is 63.1 Å². The molecule has 0 atom stereocenters. The molecular formula is C18H12Cl2N2O4. The van der Waals surface area contributed by atoms with Gasteiger partial charge in [-0.2, -0.15) is 0 Å². The van der Waals surface area contributed by atoms with Gasteiger partial charge in [0.05, 0.1) is 15.7 Å². The molecule has 2 aromatic carbocycles. The van der Waals surface area contributed by atoms with Crippen LogP contribution in [-0.2, 0) is 9.59 Å². The first-order valence-electron chi connectivity index (χ1n) is 7.44. The fourth-order valence-corrected chi connectivity index (χ4v) is 2.92. The SMILES string of the molecule is Cc1ccc(N2C(=O)NC(=O)/C(=C\c3cc(Cl)c(O)c(Cl)c3)C2=O)cc1. The zero-order valence-corrected chi connectivity index (χ0v) is 14.9. The number of carbonyl (C=O) groups excluding carboxylic acids is 3. The summed E-state index contributed by atoms with van der Waals surface area (Å²) in [5.74, 6) is -1.90. The molecule has 8 heteroatoms. The molecule has 3 rings (SSSR count). The van der Waals surface area contributed by atoms with Crippen molar-refractivity contribution < 1.29 is 19.5 Å². The maximum atomic E-state index is 12.7. The lowest BCUT2D eigenvalue weighted by molar-refractivity contribution is -0.122. The molecule has 1 aliphatic rings. The van der Waals surface area contributed by atoms with E-state index >= 15 is 0 Å². The van der Waals surface area contributed by atoms with E-state index in [0.717, 1.165) is 10.5 Å². The molecule has 0 radical (unpaired) electrons. The third-order valence-corrected chi connectivity index (χ3v) is 4.32. The van der Waals surface area contributed by atoms with Crippen LogP contribution in [0.5, 0.6) is 5.75 Å². The first-order chi connectivity index (χ1) is 12.3. The van der Waals surface area contributed by atoms with Gasteiger partial charge in [0.25, 0.3) is 11.8 Å². The molecule has 0 spiro atoms. The van der Waals surface area contributed by atoms with Crippen molar-refractivity contribution in [1.29, 1.82) is 0 Å². The van der Waals surface area contributed by atoms with Crippen molar-refractivity contribution in [3.8, 4) is 5.75 Å². The van der Waals surface area contributed by atoms with E-state index in [1.54, 1.807) is 24.3 Å². The third kappa shape index (κ3) is 3.29. The maximum absolute atomic E-state index is 12.7. The van der Waals surface area contributed by atoms with Crippen LogP contribution in [0.2, 0.25) is 10.0 Å². The summed E-state index contributed by atoms with van der Waals surface area (Å²) in [5, 5.41) is 11.7. The number of halogens is 2. The van der Waals surface area contributed by atoms with Gasteiger partial charge < -0.3 is 5.11 Å². The van der Waals surface area contributed by atoms with Crippen molar-refractivity contribution >= 4 is 52.8 Å². The molecule has 1 saturated heterocycles. The Morgan fingerprint density at radius 1 is 1.04 bits per heavy atom. The van der Waals surface area contributed by atoms with E-state index in [2.05, 4.69) is 5.32 Å². The Hall–Kier alpha value is -2.83. The largest absolute Gasteiger partial charge is 0.505 e. The number of carbonyl (C=O) groups is 3. The number of hydrogen-bond donors (Lipinski definition) is 2. The van der Waals surface area contributed by atoms with Crippen LogP contribution in [-0.4, -0.2) is 23.0 Å². The van der Waals surface area contributed by atoms with E-state index in [4.69, 9.17) is 23.2 Å². The van der Waals surface area contributed by atoms with Gasteiger partial charge in [0.1, 0.15) is 5.57 Å². The Balaban J connectivity index is 2.04. The number of urea groups is 1. The average molecular weight is 391 g/mol. The summed E-state index contributed by atoms with van der Waals surface area (Å²) < 4.78 is 0. The van der Waals surface area contributed by atoms with Crippen LogP contribution in [0, 0.1) is 6.92 Å². The quantitative estimate of drug-likeness (QED) is 0.604. The molecule has 1 fully saturated rings. The van der Waals surface area contributed by atoms with Gasteiger partial charge in [0, 0.05) is 0 Å². The Morgan fingerprint density at radius 3 is 2.19 bits per heavy atom. The van der Waals surface area contributed by atoms with Crippen molar-refractivity contribution in [2.45, 2.75) is 6.92 Å². The van der Waals surface area contributed by atoms with E-state index in [0.29, 0.717) is 11.3 Å². The van der Waals surface area contributed by atoms with Gasteiger partial charge in [0.15, 0.2) is 5.75 Å². The summed E-state index contributed by atoms with van der Waals surface area (Å²) in [5.41, 5.74) is 1.36. The highest BCUT2D eigenvalue weighted by Crippen LogP contribution is 2.33. The number of nitrogens with zero attached hydrogens (tertiary/aromatic N) is 1. The number of hydrogen-bond acceptors (Lipinski definition) is 4. The Labute approximate surface area is 158 Å². The molecule has 0 saturated carbocycles. The van der Waals surface area contributed by atoms with Crippen LogP contribution in [0.4, 0.5) is 10.5 Å². The Bertz CT molecular complexity index is 945. The molecule has 132 valence electrons. The zero-order chi connectivity index (χ0) is 19.0. The molecular weight excluding hydrogens is 379 g/mol. The number of amides is 4. The highest BCUT2D eigenvalue weighted by atomic mass is 35.5. The molecule has 0 aliphatic carbocycles. The number of nitrogens with one attached hydrogen (secondary N) is 1. The lowest BCUT2D eigenvalue weighted by Crippen LogP contribution is -2.54. The standard InChI is InChI=1S/C18H12Cl2N2O4/c1-9-2-4-11(5-3-9)22-17(25)12(16(24)21-18(22)26)6-10-7-13(19)15(23)14(20)8-10/h2-8,23H,1H3,(H,21,24,26)/b12-6+. The molecule has 1 aliphatic heterocycles. The van der Waals surface area contributed by atoms with Gasteiger partial charge in [-0.05, 0) is 42.8 Å². The molecule has 26 heavy (non-hydrogen) atoms. The van der Waals surface area contributed by atoms with E-state index in [-0.39, 0.29) is 21.4 Å². The Kier molecular flexibility index (Phi) is 4.71. The fraction of sp³-hybridized carbons (Fsp3) is 0.0556. The van der Waals surface area contributed by atoms with Crippen molar-refractivity contribution in [2.75, 3.05) is 4.90 Å². The second kappa shape index (κ2) is 6.82. The summed E-state index contributed by atoms with van der Waals surface area (Å²) >= 11 is 11.7. The predicted octanol–water partition coefficient (Wildman–Crippen LogP) is 3.67. The van der Waals surface area contributed by atoms with Gasteiger partial charge in [-0.15, -0.1) is 0 Å². The molecule has 0 aromatic heterocycles. The summed E-state index contributed by atoms with van der Waals surface area (Å²) in [6.07, 6.45) is 1.25. The third-order valence-electron chi connectivity index (χ3n) is 3.74. The minimum absolute atomic E-state index is 0.0283. The lowest BCUT2D eigenvalue weighted by Gasteiger charge is -2.26. The van der Waals surface area contributed by atoms with E-state index < -0.39 is 17.8 Å². The van der Waals surface area contributed by atoms with Crippen LogP contribution in [0.1, 0.15) is 11.1 Å². The van der Waals surface area contributed by atoms with E-state index in [1.165, 1.54) is 18.2 Å². The number of benzene rings is 2. The van der Waals surface area contributed by atoms with E-state index in [1.807, 2.05) is 6.92 Å². The topological polar surface area (TPSA) is 86.7 Å². The van der Waals surface area contributed by atoms with Crippen molar-refractivity contribution in [1.82, 2.24) is 5.32 Å². The van der Waals surface area contributed by atoms with Crippen LogP contribution < -0.4 is 10.2 Å². The van der Waals surface area contributed by atoms with Gasteiger partial charge in [0.2, 0.25) is 0 Å². The summed E-state index contributed by atoms with van der Waals surface area (Å²) in [6.45, 7) is 1.87. The number of rotatable bonds is 2. The van der Waals surface area contributed by atoms with Gasteiger partial charge in [-0.3, -0.25) is 14.9 Å². The number of imide groups is 2. The number of phenols is 1. The molecule has 4 amide bonds. The smallest absolute Gasteiger partial charge is 0.335 e. The molecule has 2 aromatic rings. The second-order valence-corrected chi connectivity index (χ2v) is 6.44. The molecule has 6 nitrogen and oxygen atoms in total. The van der Waals surface area contributed by atoms with Gasteiger partial charge in [-0.1, -0.05) is 40.9 Å². The number of barbiturate groups is 1. The summed E-state index contributed by atoms with van der Waals surface area (Å²) in [6, 6.07) is 8.57. The second-order valence-electron chi connectivity index (χ2n) is 5.63. The zero-order valence-electron chi connectivity index (χ0n) is 13.4. The van der Waals surface area contributed by atoms with Crippen LogP contribution >= 0.6 is 23.2 Å². The Morgan fingerprint density at radius 2 is 1.62 bits per heavy atom. The first-order valence-corrected chi connectivity index (χ1v) is 8.19. The van der Waals surface area contributed by atoms with Crippen LogP contribution in [0.3, 0.4) is 0 Å². The lowest BCUT2D eigenvalue weighted by atomic mass is 10.1. The average Bonchev–Trinajstić information content (AvgIpc) is 2.58.